The van der Waals surface area contributed by atoms with E-state index in [4.69, 9.17) is 0 Å². The van der Waals surface area contributed by atoms with Gasteiger partial charge in [0.15, 0.2) is 0 Å². The molecule has 1 N–H and O–H groups in total. The normalized spacial score (nSPS) is 10.5. The highest BCUT2D eigenvalue weighted by Gasteiger charge is 2.09. The number of hydrogen-bond donors (Lipinski definition) is 1. The van der Waals surface area contributed by atoms with E-state index in [9.17, 15) is 0 Å². The van der Waals surface area contributed by atoms with Crippen molar-refractivity contribution in [2.45, 2.75) is 19.6 Å². The molecule has 2 heteroatoms. The van der Waals surface area contributed by atoms with Crippen LogP contribution in [0.3, 0.4) is 0 Å². The summed E-state index contributed by atoms with van der Waals surface area (Å²) in [4.78, 5) is 2.42. The Morgan fingerprint density at radius 3 is 1.41 bits per heavy atom. The van der Waals surface area contributed by atoms with Gasteiger partial charge in [0.25, 0.3) is 0 Å². The van der Waals surface area contributed by atoms with Gasteiger partial charge in [-0.1, -0.05) is 91.0 Å². The van der Waals surface area contributed by atoms with Crippen molar-refractivity contribution in [1.82, 2.24) is 0 Å². The molecule has 0 saturated heterocycles. The fourth-order valence-corrected chi connectivity index (χ4v) is 3.44. The van der Waals surface area contributed by atoms with E-state index in [0.29, 0.717) is 0 Å². The molecular formula is C27H26N2. The maximum Gasteiger partial charge on any atom is 0.0433 e. The van der Waals surface area contributed by atoms with Crippen LogP contribution in [0, 0.1) is 0 Å². The topological polar surface area (TPSA) is 15.3 Å². The number of nitrogens with one attached hydrogen (secondary N) is 1. The lowest BCUT2D eigenvalue weighted by molar-refractivity contribution is 0.800. The van der Waals surface area contributed by atoms with E-state index in [-0.39, 0.29) is 0 Å². The molecule has 144 valence electrons. The Kier molecular flexibility index (Phi) is 6.24. The molecule has 0 aromatic heterocycles. The Morgan fingerprint density at radius 1 is 0.483 bits per heavy atom. The summed E-state index contributed by atoms with van der Waals surface area (Å²) in [7, 11) is 0. The number of benzene rings is 4. The molecule has 0 fully saturated rings. The van der Waals surface area contributed by atoms with Gasteiger partial charge in [-0.3, -0.25) is 0 Å². The fraction of sp³-hybridized carbons (Fsp3) is 0.111. The van der Waals surface area contributed by atoms with E-state index in [1.54, 1.807) is 0 Å². The number of rotatable bonds is 8. The van der Waals surface area contributed by atoms with Gasteiger partial charge in [-0.2, -0.15) is 0 Å². The smallest absolute Gasteiger partial charge is 0.0433 e. The van der Waals surface area contributed by atoms with E-state index < -0.39 is 0 Å². The van der Waals surface area contributed by atoms with E-state index in [1.165, 1.54) is 22.4 Å². The second-order valence-corrected chi connectivity index (χ2v) is 7.21. The van der Waals surface area contributed by atoms with Gasteiger partial charge in [0.1, 0.15) is 0 Å². The summed E-state index contributed by atoms with van der Waals surface area (Å²) in [5, 5.41) is 3.51. The summed E-state index contributed by atoms with van der Waals surface area (Å²) in [6.07, 6.45) is 0. The van der Waals surface area contributed by atoms with Crippen LogP contribution in [0.15, 0.2) is 115 Å². The molecule has 0 saturated carbocycles. The molecule has 2 nitrogen and oxygen atoms in total. The minimum Gasteiger partial charge on any atom is -0.381 e. The van der Waals surface area contributed by atoms with Gasteiger partial charge in [-0.05, 0) is 41.0 Å². The zero-order valence-electron chi connectivity index (χ0n) is 16.5. The van der Waals surface area contributed by atoms with E-state index in [2.05, 4.69) is 119 Å². The van der Waals surface area contributed by atoms with Gasteiger partial charge in [0, 0.05) is 31.0 Å². The highest BCUT2D eigenvalue weighted by molar-refractivity contribution is 5.56. The molecule has 0 aliphatic heterocycles. The van der Waals surface area contributed by atoms with Gasteiger partial charge in [-0.25, -0.2) is 0 Å². The molecule has 0 aliphatic carbocycles. The number of hydrogen-bond acceptors (Lipinski definition) is 2. The molecule has 4 aromatic rings. The zero-order chi connectivity index (χ0) is 19.7. The quantitative estimate of drug-likeness (QED) is 0.376. The van der Waals surface area contributed by atoms with Crippen LogP contribution < -0.4 is 10.2 Å². The maximum absolute atomic E-state index is 3.51. The molecule has 29 heavy (non-hydrogen) atoms. The van der Waals surface area contributed by atoms with E-state index in [0.717, 1.165) is 25.3 Å². The maximum atomic E-state index is 3.51. The minimum atomic E-state index is 0.831. The lowest BCUT2D eigenvalue weighted by Gasteiger charge is -2.25. The largest absolute Gasteiger partial charge is 0.381 e. The molecule has 4 aromatic carbocycles. The second kappa shape index (κ2) is 9.61. The summed E-state index contributed by atoms with van der Waals surface area (Å²) < 4.78 is 0. The number of anilines is 2. The van der Waals surface area contributed by atoms with Crippen LogP contribution in [-0.4, -0.2) is 0 Å². The van der Waals surface area contributed by atoms with Crippen LogP contribution in [0.2, 0.25) is 0 Å². The molecule has 0 amide bonds. The highest BCUT2D eigenvalue weighted by Crippen LogP contribution is 2.23. The Balaban J connectivity index is 1.48. The van der Waals surface area contributed by atoms with Crippen LogP contribution in [0.5, 0.6) is 0 Å². The van der Waals surface area contributed by atoms with Crippen LogP contribution in [0.1, 0.15) is 16.7 Å². The monoisotopic (exact) mass is 378 g/mol. The summed E-state index contributed by atoms with van der Waals surface area (Å²) in [5.74, 6) is 0. The molecule has 0 unspecified atom stereocenters. The zero-order valence-corrected chi connectivity index (χ0v) is 16.5. The first-order valence-electron chi connectivity index (χ1n) is 10.1. The SMILES string of the molecule is c1ccc(CNc2ccc(N(Cc3ccccc3)Cc3ccccc3)cc2)cc1. The average molecular weight is 379 g/mol. The Hall–Kier alpha value is -3.52. The summed E-state index contributed by atoms with van der Waals surface area (Å²) in [6.45, 7) is 2.59. The van der Waals surface area contributed by atoms with Crippen molar-refractivity contribution in [2.75, 3.05) is 10.2 Å². The van der Waals surface area contributed by atoms with E-state index in [1.807, 2.05) is 6.07 Å². The summed E-state index contributed by atoms with van der Waals surface area (Å²) >= 11 is 0. The Bertz CT molecular complexity index is 939. The molecule has 0 atom stereocenters. The van der Waals surface area contributed by atoms with Crippen LogP contribution in [0.4, 0.5) is 11.4 Å². The van der Waals surface area contributed by atoms with E-state index >= 15 is 0 Å². The first kappa shape index (κ1) is 18.8. The first-order chi connectivity index (χ1) is 14.4. The third-order valence-electron chi connectivity index (χ3n) is 5.00. The Labute approximate surface area is 173 Å². The van der Waals surface area contributed by atoms with Crippen LogP contribution in [0.25, 0.3) is 0 Å². The van der Waals surface area contributed by atoms with Gasteiger partial charge in [0.05, 0.1) is 0 Å². The lowest BCUT2D eigenvalue weighted by atomic mass is 10.1. The third-order valence-corrected chi connectivity index (χ3v) is 5.00. The lowest BCUT2D eigenvalue weighted by Crippen LogP contribution is -2.22. The van der Waals surface area contributed by atoms with Gasteiger partial charge in [0.2, 0.25) is 0 Å². The predicted molar refractivity (Wildman–Crippen MR) is 123 cm³/mol. The third kappa shape index (κ3) is 5.49. The minimum absolute atomic E-state index is 0.831. The van der Waals surface area contributed by atoms with Crippen molar-refractivity contribution in [2.24, 2.45) is 0 Å². The van der Waals surface area contributed by atoms with Crippen molar-refractivity contribution < 1.29 is 0 Å². The van der Waals surface area contributed by atoms with Crippen LogP contribution in [-0.2, 0) is 19.6 Å². The van der Waals surface area contributed by atoms with Crippen molar-refractivity contribution in [3.63, 3.8) is 0 Å². The molecule has 0 radical (unpaired) electrons. The summed E-state index contributed by atoms with van der Waals surface area (Å²) in [5.41, 5.74) is 6.27. The van der Waals surface area contributed by atoms with Crippen molar-refractivity contribution in [3.05, 3.63) is 132 Å². The Morgan fingerprint density at radius 2 is 0.931 bits per heavy atom. The first-order valence-corrected chi connectivity index (χ1v) is 10.1. The fourth-order valence-electron chi connectivity index (χ4n) is 3.44. The molecule has 0 spiro atoms. The highest BCUT2D eigenvalue weighted by atomic mass is 15.1. The summed E-state index contributed by atoms with van der Waals surface area (Å²) in [6, 6.07) is 40.5. The van der Waals surface area contributed by atoms with Crippen LogP contribution >= 0.6 is 0 Å². The molecular weight excluding hydrogens is 352 g/mol. The van der Waals surface area contributed by atoms with Gasteiger partial charge >= 0.3 is 0 Å². The van der Waals surface area contributed by atoms with Crippen molar-refractivity contribution >= 4 is 11.4 Å². The van der Waals surface area contributed by atoms with Gasteiger partial charge < -0.3 is 10.2 Å². The number of nitrogens with zero attached hydrogens (tertiary/aromatic N) is 1. The van der Waals surface area contributed by atoms with Crippen molar-refractivity contribution in [3.8, 4) is 0 Å². The average Bonchev–Trinajstić information content (AvgIpc) is 2.80. The molecule has 4 rings (SSSR count). The molecule has 0 heterocycles. The molecule has 0 aliphatic rings. The molecule has 0 bridgehead atoms. The standard InChI is InChI=1S/C27H26N2/c1-4-10-23(11-5-1)20-28-26-16-18-27(19-17-26)29(21-24-12-6-2-7-13-24)22-25-14-8-3-9-15-25/h1-19,28H,20-22H2. The van der Waals surface area contributed by atoms with Gasteiger partial charge in [-0.15, -0.1) is 0 Å². The second-order valence-electron chi connectivity index (χ2n) is 7.21. The van der Waals surface area contributed by atoms with Crippen molar-refractivity contribution in [1.29, 1.82) is 0 Å². The predicted octanol–water partition coefficient (Wildman–Crippen LogP) is 6.51.